The summed E-state index contributed by atoms with van der Waals surface area (Å²) < 4.78 is 26.7. The summed E-state index contributed by atoms with van der Waals surface area (Å²) in [4.78, 5) is 0.364. The minimum atomic E-state index is -3.40. The van der Waals surface area contributed by atoms with Crippen LogP contribution < -0.4 is 5.73 Å². The standard InChI is InChI=1S/C15H22N2O2S/c1-2-12-17(14-7-8-14)20(18,19)15-9-5-13(6-10-15)4-3-11-16/h2,5-6,9-10,14H,1,3-4,7-8,11-12,16H2. The molecule has 1 aromatic rings. The van der Waals surface area contributed by atoms with Gasteiger partial charge in [-0.05, 0) is 49.9 Å². The Hall–Kier alpha value is -1.17. The van der Waals surface area contributed by atoms with E-state index in [0.717, 1.165) is 31.2 Å². The molecule has 0 atom stereocenters. The van der Waals surface area contributed by atoms with Crippen molar-refractivity contribution in [1.82, 2.24) is 4.31 Å². The molecular formula is C15H22N2O2S. The topological polar surface area (TPSA) is 63.4 Å². The van der Waals surface area contributed by atoms with Gasteiger partial charge in [0, 0.05) is 12.6 Å². The molecule has 0 amide bonds. The second-order valence-electron chi connectivity index (χ2n) is 5.13. The zero-order valence-electron chi connectivity index (χ0n) is 11.7. The highest BCUT2D eigenvalue weighted by Gasteiger charge is 2.37. The largest absolute Gasteiger partial charge is 0.330 e. The van der Waals surface area contributed by atoms with Crippen LogP contribution in [0.4, 0.5) is 0 Å². The Balaban J connectivity index is 2.17. The minimum absolute atomic E-state index is 0.148. The Bertz CT molecular complexity index is 548. The van der Waals surface area contributed by atoms with Gasteiger partial charge in [0.2, 0.25) is 10.0 Å². The lowest BCUT2D eigenvalue weighted by molar-refractivity contribution is 0.436. The number of nitrogens with two attached hydrogens (primary N) is 1. The van der Waals surface area contributed by atoms with E-state index in [1.807, 2.05) is 12.1 Å². The van der Waals surface area contributed by atoms with Gasteiger partial charge in [-0.1, -0.05) is 18.2 Å². The van der Waals surface area contributed by atoms with Crippen molar-refractivity contribution in [2.24, 2.45) is 5.73 Å². The smallest absolute Gasteiger partial charge is 0.243 e. The van der Waals surface area contributed by atoms with E-state index in [1.165, 1.54) is 0 Å². The number of nitrogens with zero attached hydrogens (tertiary/aromatic N) is 1. The molecular weight excluding hydrogens is 272 g/mol. The van der Waals surface area contributed by atoms with Crippen LogP contribution in [0.5, 0.6) is 0 Å². The number of benzene rings is 1. The highest BCUT2D eigenvalue weighted by molar-refractivity contribution is 7.89. The van der Waals surface area contributed by atoms with E-state index in [9.17, 15) is 8.42 Å². The summed E-state index contributed by atoms with van der Waals surface area (Å²) in [5.74, 6) is 0. The van der Waals surface area contributed by atoms with E-state index in [-0.39, 0.29) is 6.04 Å². The van der Waals surface area contributed by atoms with Gasteiger partial charge >= 0.3 is 0 Å². The van der Waals surface area contributed by atoms with Crippen molar-refractivity contribution < 1.29 is 8.42 Å². The molecule has 110 valence electrons. The molecule has 20 heavy (non-hydrogen) atoms. The molecule has 0 bridgehead atoms. The third kappa shape index (κ3) is 3.48. The molecule has 1 aromatic carbocycles. The molecule has 0 heterocycles. The second kappa shape index (κ2) is 6.52. The average molecular weight is 294 g/mol. The van der Waals surface area contributed by atoms with Crippen molar-refractivity contribution in [3.63, 3.8) is 0 Å². The molecule has 0 radical (unpaired) electrons. The maximum Gasteiger partial charge on any atom is 0.243 e. The molecule has 0 aliphatic heterocycles. The minimum Gasteiger partial charge on any atom is -0.330 e. The van der Waals surface area contributed by atoms with Crippen LogP contribution in [0.25, 0.3) is 0 Å². The lowest BCUT2D eigenvalue weighted by atomic mass is 10.1. The van der Waals surface area contributed by atoms with E-state index in [1.54, 1.807) is 22.5 Å². The second-order valence-corrected chi connectivity index (χ2v) is 7.02. The van der Waals surface area contributed by atoms with Crippen LogP contribution in [0.3, 0.4) is 0 Å². The fraction of sp³-hybridized carbons (Fsp3) is 0.467. The van der Waals surface area contributed by atoms with Gasteiger partial charge < -0.3 is 5.73 Å². The van der Waals surface area contributed by atoms with Crippen molar-refractivity contribution in [1.29, 1.82) is 0 Å². The zero-order chi connectivity index (χ0) is 14.6. The van der Waals surface area contributed by atoms with Gasteiger partial charge in [0.25, 0.3) is 0 Å². The van der Waals surface area contributed by atoms with Crippen LogP contribution in [-0.4, -0.2) is 31.9 Å². The average Bonchev–Trinajstić information content (AvgIpc) is 3.27. The highest BCUT2D eigenvalue weighted by Crippen LogP contribution is 2.31. The molecule has 4 nitrogen and oxygen atoms in total. The van der Waals surface area contributed by atoms with Crippen LogP contribution in [-0.2, 0) is 16.4 Å². The van der Waals surface area contributed by atoms with Gasteiger partial charge in [0.05, 0.1) is 4.90 Å². The zero-order valence-corrected chi connectivity index (χ0v) is 12.5. The summed E-state index contributed by atoms with van der Waals surface area (Å²) in [6.07, 6.45) is 5.33. The SMILES string of the molecule is C=CCN(C1CC1)S(=O)(=O)c1ccc(CCCN)cc1. The highest BCUT2D eigenvalue weighted by atomic mass is 32.2. The van der Waals surface area contributed by atoms with Crippen molar-refractivity contribution >= 4 is 10.0 Å². The van der Waals surface area contributed by atoms with Crippen LogP contribution in [0, 0.1) is 0 Å². The summed E-state index contributed by atoms with van der Waals surface area (Å²) in [7, 11) is -3.40. The van der Waals surface area contributed by atoms with E-state index < -0.39 is 10.0 Å². The fourth-order valence-corrected chi connectivity index (χ4v) is 3.86. The van der Waals surface area contributed by atoms with E-state index in [0.29, 0.717) is 18.0 Å². The third-order valence-electron chi connectivity index (χ3n) is 3.46. The predicted molar refractivity (Wildman–Crippen MR) is 80.9 cm³/mol. The van der Waals surface area contributed by atoms with Crippen molar-refractivity contribution in [2.75, 3.05) is 13.1 Å². The van der Waals surface area contributed by atoms with Gasteiger partial charge in [0.1, 0.15) is 0 Å². The van der Waals surface area contributed by atoms with Crippen LogP contribution in [0.1, 0.15) is 24.8 Å². The number of hydrogen-bond acceptors (Lipinski definition) is 3. The predicted octanol–water partition coefficient (Wildman–Crippen LogP) is 1.92. The van der Waals surface area contributed by atoms with Crippen molar-refractivity contribution in [3.05, 3.63) is 42.5 Å². The number of aryl methyl sites for hydroxylation is 1. The summed E-state index contributed by atoms with van der Waals surface area (Å²) in [5, 5.41) is 0. The van der Waals surface area contributed by atoms with Gasteiger partial charge in [-0.3, -0.25) is 0 Å². The molecule has 0 saturated heterocycles. The molecule has 1 saturated carbocycles. The Kier molecular flexibility index (Phi) is 4.96. The molecule has 2 N–H and O–H groups in total. The first-order valence-corrected chi connectivity index (χ1v) is 8.45. The Labute approximate surface area is 121 Å². The molecule has 0 aromatic heterocycles. The maximum atomic E-state index is 12.6. The monoisotopic (exact) mass is 294 g/mol. The van der Waals surface area contributed by atoms with Gasteiger partial charge in [-0.15, -0.1) is 6.58 Å². The molecule has 1 aliphatic carbocycles. The van der Waals surface area contributed by atoms with E-state index >= 15 is 0 Å². The van der Waals surface area contributed by atoms with Crippen molar-refractivity contribution in [2.45, 2.75) is 36.6 Å². The maximum absolute atomic E-state index is 12.6. The number of sulfonamides is 1. The third-order valence-corrected chi connectivity index (χ3v) is 5.40. The number of hydrogen-bond donors (Lipinski definition) is 1. The van der Waals surface area contributed by atoms with Gasteiger partial charge in [-0.25, -0.2) is 8.42 Å². The summed E-state index contributed by atoms with van der Waals surface area (Å²) in [6, 6.07) is 7.29. The lowest BCUT2D eigenvalue weighted by Crippen LogP contribution is -2.33. The lowest BCUT2D eigenvalue weighted by Gasteiger charge is -2.20. The first kappa shape index (κ1) is 15.2. The summed E-state index contributed by atoms with van der Waals surface area (Å²) in [6.45, 7) is 4.67. The van der Waals surface area contributed by atoms with Crippen LogP contribution >= 0.6 is 0 Å². The van der Waals surface area contributed by atoms with Gasteiger partial charge in [-0.2, -0.15) is 4.31 Å². The molecule has 2 rings (SSSR count). The quantitative estimate of drug-likeness (QED) is 0.745. The molecule has 1 aliphatic rings. The fourth-order valence-electron chi connectivity index (χ4n) is 2.20. The van der Waals surface area contributed by atoms with E-state index in [2.05, 4.69) is 6.58 Å². The molecule has 0 unspecified atom stereocenters. The normalized spacial score (nSPS) is 15.5. The Morgan fingerprint density at radius 3 is 2.45 bits per heavy atom. The Morgan fingerprint density at radius 2 is 1.95 bits per heavy atom. The summed E-state index contributed by atoms with van der Waals surface area (Å²) >= 11 is 0. The number of rotatable bonds is 8. The molecule has 1 fully saturated rings. The molecule has 0 spiro atoms. The molecule has 5 heteroatoms. The van der Waals surface area contributed by atoms with E-state index in [4.69, 9.17) is 5.73 Å². The first-order valence-electron chi connectivity index (χ1n) is 7.01. The Morgan fingerprint density at radius 1 is 1.30 bits per heavy atom. The summed E-state index contributed by atoms with van der Waals surface area (Å²) in [5.41, 5.74) is 6.60. The first-order chi connectivity index (χ1) is 9.59. The van der Waals surface area contributed by atoms with Crippen LogP contribution in [0.15, 0.2) is 41.8 Å². The van der Waals surface area contributed by atoms with Crippen LogP contribution in [0.2, 0.25) is 0 Å². The van der Waals surface area contributed by atoms with Crippen molar-refractivity contribution in [3.8, 4) is 0 Å². The van der Waals surface area contributed by atoms with Gasteiger partial charge in [0.15, 0.2) is 0 Å².